The van der Waals surface area contributed by atoms with Gasteiger partial charge in [0.05, 0.1) is 0 Å². The highest BCUT2D eigenvalue weighted by molar-refractivity contribution is 5.78. The third kappa shape index (κ3) is 1.62. The number of likely N-dealkylation sites (tertiary alicyclic amines) is 1. The zero-order chi connectivity index (χ0) is 8.27. The lowest BCUT2D eigenvalue weighted by molar-refractivity contribution is -0.132. The van der Waals surface area contributed by atoms with Crippen molar-refractivity contribution in [1.82, 2.24) is 4.90 Å². The molecule has 0 aromatic heterocycles. The Bertz CT molecular complexity index is 165. The van der Waals surface area contributed by atoms with Crippen molar-refractivity contribution in [1.29, 1.82) is 0 Å². The summed E-state index contributed by atoms with van der Waals surface area (Å²) in [5.41, 5.74) is 0. The Morgan fingerprint density at radius 3 is 3.00 bits per heavy atom. The molecule has 2 heteroatoms. The van der Waals surface area contributed by atoms with Crippen LogP contribution in [-0.2, 0) is 4.79 Å². The summed E-state index contributed by atoms with van der Waals surface area (Å²) in [5, 5.41) is 0. The number of carbonyl (C=O) groups excluding carboxylic acids is 1. The van der Waals surface area contributed by atoms with Gasteiger partial charge in [-0.05, 0) is 25.5 Å². The normalized spacial score (nSPS) is 25.4. The van der Waals surface area contributed by atoms with Gasteiger partial charge in [-0.3, -0.25) is 4.79 Å². The number of nitrogens with zero attached hydrogens (tertiary/aromatic N) is 1. The summed E-state index contributed by atoms with van der Waals surface area (Å²) in [5.74, 6) is 0.234. The molecule has 0 bridgehead atoms. The number of piperidine rings is 1. The van der Waals surface area contributed by atoms with E-state index in [1.54, 1.807) is 11.1 Å². The molecule has 1 atom stereocenters. The highest BCUT2D eigenvalue weighted by Gasteiger charge is 2.23. The van der Waals surface area contributed by atoms with E-state index < -0.39 is 0 Å². The molecule has 1 saturated heterocycles. The van der Waals surface area contributed by atoms with Crippen LogP contribution in [0.4, 0.5) is 0 Å². The Morgan fingerprint density at radius 1 is 1.82 bits per heavy atom. The van der Waals surface area contributed by atoms with Crippen molar-refractivity contribution < 1.29 is 4.79 Å². The van der Waals surface area contributed by atoms with E-state index in [9.17, 15) is 4.79 Å². The lowest BCUT2D eigenvalue weighted by atomic mass is 10.0. The minimum absolute atomic E-state index is 0.234. The Kier molecular flexibility index (Phi) is 2.69. The molecule has 1 aliphatic heterocycles. The molecular weight excluding hydrogens is 138 g/mol. The van der Waals surface area contributed by atoms with Gasteiger partial charge >= 0.3 is 0 Å². The standard InChI is InChI=1S/C9H15NO/c1-3-8-6-5-7-9(11)10(8)4-2/h4,8H,2-3,5-7H2,1H3. The number of amides is 1. The quantitative estimate of drug-likeness (QED) is 0.593. The first-order chi connectivity index (χ1) is 5.29. The summed E-state index contributed by atoms with van der Waals surface area (Å²) < 4.78 is 0. The Hall–Kier alpha value is -0.790. The molecular formula is C9H15NO. The molecule has 1 unspecified atom stereocenters. The van der Waals surface area contributed by atoms with E-state index in [4.69, 9.17) is 0 Å². The topological polar surface area (TPSA) is 20.3 Å². The Morgan fingerprint density at radius 2 is 2.55 bits per heavy atom. The minimum Gasteiger partial charge on any atom is -0.317 e. The lowest BCUT2D eigenvalue weighted by Crippen LogP contribution is -2.39. The molecule has 0 aromatic carbocycles. The summed E-state index contributed by atoms with van der Waals surface area (Å²) in [6, 6.07) is 0.411. The maximum Gasteiger partial charge on any atom is 0.226 e. The van der Waals surface area contributed by atoms with Crippen LogP contribution in [0.1, 0.15) is 32.6 Å². The number of hydrogen-bond donors (Lipinski definition) is 0. The van der Waals surface area contributed by atoms with Gasteiger partial charge in [-0.1, -0.05) is 13.5 Å². The third-order valence-electron chi connectivity index (χ3n) is 2.28. The smallest absolute Gasteiger partial charge is 0.226 e. The van der Waals surface area contributed by atoms with Crippen LogP contribution < -0.4 is 0 Å². The second-order valence-electron chi connectivity index (χ2n) is 2.94. The van der Waals surface area contributed by atoms with Gasteiger partial charge in [0, 0.05) is 12.5 Å². The van der Waals surface area contributed by atoms with Gasteiger partial charge in [0.1, 0.15) is 0 Å². The maximum absolute atomic E-state index is 11.2. The zero-order valence-electron chi connectivity index (χ0n) is 7.05. The van der Waals surface area contributed by atoms with E-state index in [0.717, 1.165) is 19.3 Å². The highest BCUT2D eigenvalue weighted by atomic mass is 16.2. The molecule has 1 heterocycles. The van der Waals surface area contributed by atoms with Gasteiger partial charge in [-0.25, -0.2) is 0 Å². The molecule has 1 rings (SSSR count). The summed E-state index contributed by atoms with van der Waals surface area (Å²) in [4.78, 5) is 13.0. The van der Waals surface area contributed by atoms with Crippen molar-refractivity contribution in [3.05, 3.63) is 12.8 Å². The van der Waals surface area contributed by atoms with Crippen molar-refractivity contribution in [2.24, 2.45) is 0 Å². The van der Waals surface area contributed by atoms with Crippen LogP contribution in [0.3, 0.4) is 0 Å². The molecule has 0 saturated carbocycles. The molecule has 0 aliphatic carbocycles. The van der Waals surface area contributed by atoms with Crippen molar-refractivity contribution in [2.75, 3.05) is 0 Å². The highest BCUT2D eigenvalue weighted by Crippen LogP contribution is 2.20. The summed E-state index contributed by atoms with van der Waals surface area (Å²) >= 11 is 0. The van der Waals surface area contributed by atoms with Gasteiger partial charge in [-0.15, -0.1) is 0 Å². The summed E-state index contributed by atoms with van der Waals surface area (Å²) in [6.45, 7) is 5.75. The van der Waals surface area contributed by atoms with Crippen LogP contribution in [0.25, 0.3) is 0 Å². The van der Waals surface area contributed by atoms with Crippen LogP contribution in [0.2, 0.25) is 0 Å². The monoisotopic (exact) mass is 153 g/mol. The van der Waals surface area contributed by atoms with E-state index >= 15 is 0 Å². The van der Waals surface area contributed by atoms with Crippen molar-refractivity contribution in [3.63, 3.8) is 0 Å². The number of carbonyl (C=O) groups is 1. The second-order valence-corrected chi connectivity index (χ2v) is 2.94. The van der Waals surface area contributed by atoms with Crippen molar-refractivity contribution >= 4 is 5.91 Å². The molecule has 1 fully saturated rings. The second kappa shape index (κ2) is 3.56. The predicted molar refractivity (Wildman–Crippen MR) is 45.0 cm³/mol. The molecule has 0 aromatic rings. The van der Waals surface area contributed by atoms with Crippen LogP contribution in [0.15, 0.2) is 12.8 Å². The van der Waals surface area contributed by atoms with Crippen LogP contribution in [-0.4, -0.2) is 16.8 Å². The molecule has 1 amide bonds. The first-order valence-corrected chi connectivity index (χ1v) is 4.23. The van der Waals surface area contributed by atoms with Gasteiger partial charge in [-0.2, -0.15) is 0 Å². The molecule has 1 aliphatic rings. The molecule has 11 heavy (non-hydrogen) atoms. The first kappa shape index (κ1) is 8.31. The predicted octanol–water partition coefficient (Wildman–Crippen LogP) is 1.92. The van der Waals surface area contributed by atoms with Crippen molar-refractivity contribution in [2.45, 2.75) is 38.6 Å². The number of hydrogen-bond acceptors (Lipinski definition) is 1. The fourth-order valence-electron chi connectivity index (χ4n) is 1.61. The van der Waals surface area contributed by atoms with Crippen LogP contribution in [0.5, 0.6) is 0 Å². The van der Waals surface area contributed by atoms with Gasteiger partial charge < -0.3 is 4.90 Å². The van der Waals surface area contributed by atoms with Gasteiger partial charge in [0.2, 0.25) is 5.91 Å². The van der Waals surface area contributed by atoms with Gasteiger partial charge in [0.25, 0.3) is 0 Å². The van der Waals surface area contributed by atoms with Crippen molar-refractivity contribution in [3.8, 4) is 0 Å². The summed E-state index contributed by atoms with van der Waals surface area (Å²) in [7, 11) is 0. The van der Waals surface area contributed by atoms with Crippen LogP contribution >= 0.6 is 0 Å². The molecule has 62 valence electrons. The molecule has 2 nitrogen and oxygen atoms in total. The summed E-state index contributed by atoms with van der Waals surface area (Å²) in [6.07, 6.45) is 5.58. The molecule has 0 spiro atoms. The first-order valence-electron chi connectivity index (χ1n) is 4.23. The van der Waals surface area contributed by atoms with Gasteiger partial charge in [0.15, 0.2) is 0 Å². The molecule has 0 radical (unpaired) electrons. The van der Waals surface area contributed by atoms with E-state index in [-0.39, 0.29) is 5.91 Å². The fourth-order valence-corrected chi connectivity index (χ4v) is 1.61. The zero-order valence-corrected chi connectivity index (χ0v) is 7.05. The third-order valence-corrected chi connectivity index (χ3v) is 2.28. The Balaban J connectivity index is 2.63. The van der Waals surface area contributed by atoms with E-state index in [0.29, 0.717) is 12.5 Å². The van der Waals surface area contributed by atoms with E-state index in [1.807, 2.05) is 0 Å². The average Bonchev–Trinajstić information content (AvgIpc) is 2.04. The minimum atomic E-state index is 0.234. The fraction of sp³-hybridized carbons (Fsp3) is 0.667. The maximum atomic E-state index is 11.2. The average molecular weight is 153 g/mol. The van der Waals surface area contributed by atoms with Crippen LogP contribution in [0, 0.1) is 0 Å². The largest absolute Gasteiger partial charge is 0.317 e. The van der Waals surface area contributed by atoms with E-state index in [2.05, 4.69) is 13.5 Å². The SMILES string of the molecule is C=CN1C(=O)CCCC1CC. The van der Waals surface area contributed by atoms with E-state index in [1.165, 1.54) is 0 Å². The molecule has 0 N–H and O–H groups in total. The lowest BCUT2D eigenvalue weighted by Gasteiger charge is -2.31. The Labute approximate surface area is 67.9 Å². The number of rotatable bonds is 2.